The summed E-state index contributed by atoms with van der Waals surface area (Å²) in [5.74, 6) is -0.223. The Hall–Kier alpha value is -1.52. The average molecular weight is 211 g/mol. The van der Waals surface area contributed by atoms with E-state index in [1.54, 1.807) is 6.20 Å². The fraction of sp³-hybridized carbons (Fsp3) is 0.600. The van der Waals surface area contributed by atoms with E-state index >= 15 is 0 Å². The van der Waals surface area contributed by atoms with Crippen molar-refractivity contribution in [3.8, 4) is 0 Å². The van der Waals surface area contributed by atoms with Gasteiger partial charge in [-0.25, -0.2) is 9.78 Å². The van der Waals surface area contributed by atoms with Crippen LogP contribution in [0.2, 0.25) is 0 Å². The van der Waals surface area contributed by atoms with Gasteiger partial charge in [-0.2, -0.15) is 0 Å². The molecule has 1 aromatic rings. The molecular weight excluding hydrogens is 194 g/mol. The molecule has 84 valence electrons. The maximum atomic E-state index is 11.0. The van der Waals surface area contributed by atoms with Gasteiger partial charge in [-0.15, -0.1) is 0 Å². The van der Waals surface area contributed by atoms with Crippen molar-refractivity contribution >= 4 is 11.9 Å². The van der Waals surface area contributed by atoms with E-state index in [1.807, 2.05) is 31.5 Å². The number of aromatic nitrogens is 2. The van der Waals surface area contributed by atoms with E-state index in [2.05, 4.69) is 10.3 Å². The number of hydrogen-bond donors (Lipinski definition) is 2. The zero-order valence-electron chi connectivity index (χ0n) is 9.27. The smallest absolute Gasteiger partial charge is 0.326 e. The van der Waals surface area contributed by atoms with Crippen molar-refractivity contribution in [2.75, 3.05) is 5.32 Å². The second kappa shape index (κ2) is 4.82. The van der Waals surface area contributed by atoms with Crippen molar-refractivity contribution < 1.29 is 9.90 Å². The minimum absolute atomic E-state index is 0.0181. The minimum atomic E-state index is -0.851. The van der Waals surface area contributed by atoms with E-state index in [0.29, 0.717) is 5.95 Å². The summed E-state index contributed by atoms with van der Waals surface area (Å²) in [4.78, 5) is 15.0. The van der Waals surface area contributed by atoms with Crippen LogP contribution in [0.1, 0.15) is 20.8 Å². The molecule has 0 aliphatic rings. The average Bonchev–Trinajstić information content (AvgIpc) is 2.59. The zero-order chi connectivity index (χ0) is 11.4. The van der Waals surface area contributed by atoms with Crippen LogP contribution in [0.3, 0.4) is 0 Å². The Balaban J connectivity index is 2.78. The topological polar surface area (TPSA) is 67.2 Å². The van der Waals surface area contributed by atoms with Crippen molar-refractivity contribution in [3.05, 3.63) is 12.4 Å². The quantitative estimate of drug-likeness (QED) is 0.773. The molecule has 0 aromatic carbocycles. The molecular formula is C10H17N3O2. The monoisotopic (exact) mass is 211 g/mol. The molecule has 5 nitrogen and oxygen atoms in total. The lowest BCUT2D eigenvalue weighted by Gasteiger charge is -2.18. The SMILES string of the molecule is CCn1ccnc1NC(C(=O)O)C(C)C. The molecule has 0 fully saturated rings. The summed E-state index contributed by atoms with van der Waals surface area (Å²) >= 11 is 0. The van der Waals surface area contributed by atoms with Crippen LogP contribution in [0, 0.1) is 5.92 Å². The summed E-state index contributed by atoms with van der Waals surface area (Å²) < 4.78 is 1.87. The maximum Gasteiger partial charge on any atom is 0.326 e. The van der Waals surface area contributed by atoms with Gasteiger partial charge in [-0.3, -0.25) is 0 Å². The van der Waals surface area contributed by atoms with Gasteiger partial charge in [-0.1, -0.05) is 13.8 Å². The summed E-state index contributed by atoms with van der Waals surface area (Å²) in [7, 11) is 0. The standard InChI is InChI=1S/C10H17N3O2/c1-4-13-6-5-11-10(13)12-8(7(2)3)9(14)15/h5-8H,4H2,1-3H3,(H,11,12)(H,14,15). The predicted molar refractivity (Wildman–Crippen MR) is 57.8 cm³/mol. The first-order chi connectivity index (χ1) is 7.06. The number of carboxylic acids is 1. The summed E-state index contributed by atoms with van der Waals surface area (Å²) in [6.45, 7) is 6.49. The van der Waals surface area contributed by atoms with E-state index in [4.69, 9.17) is 5.11 Å². The van der Waals surface area contributed by atoms with Gasteiger partial charge < -0.3 is 15.0 Å². The highest BCUT2D eigenvalue weighted by molar-refractivity contribution is 5.76. The molecule has 0 saturated heterocycles. The summed E-state index contributed by atoms with van der Waals surface area (Å²) in [6.07, 6.45) is 3.48. The first-order valence-corrected chi connectivity index (χ1v) is 5.06. The van der Waals surface area contributed by atoms with E-state index in [1.165, 1.54) is 0 Å². The second-order valence-corrected chi connectivity index (χ2v) is 3.74. The number of hydrogen-bond acceptors (Lipinski definition) is 3. The lowest BCUT2D eigenvalue weighted by Crippen LogP contribution is -2.35. The number of carboxylic acid groups (broad SMARTS) is 1. The van der Waals surface area contributed by atoms with Gasteiger partial charge in [0.05, 0.1) is 0 Å². The maximum absolute atomic E-state index is 11.0. The van der Waals surface area contributed by atoms with Crippen LogP contribution in [-0.2, 0) is 11.3 Å². The van der Waals surface area contributed by atoms with Crippen LogP contribution in [0.4, 0.5) is 5.95 Å². The van der Waals surface area contributed by atoms with Crippen LogP contribution in [0.25, 0.3) is 0 Å². The number of nitrogens with one attached hydrogen (secondary N) is 1. The van der Waals surface area contributed by atoms with Crippen molar-refractivity contribution in [2.24, 2.45) is 5.92 Å². The Morgan fingerprint density at radius 3 is 2.80 bits per heavy atom. The zero-order valence-corrected chi connectivity index (χ0v) is 9.27. The van der Waals surface area contributed by atoms with E-state index in [-0.39, 0.29) is 5.92 Å². The third-order valence-electron chi connectivity index (χ3n) is 2.27. The molecule has 0 saturated carbocycles. The highest BCUT2D eigenvalue weighted by atomic mass is 16.4. The van der Waals surface area contributed by atoms with Gasteiger partial charge in [0.1, 0.15) is 6.04 Å². The minimum Gasteiger partial charge on any atom is -0.480 e. The second-order valence-electron chi connectivity index (χ2n) is 3.74. The molecule has 2 N–H and O–H groups in total. The van der Waals surface area contributed by atoms with Crippen LogP contribution in [0.5, 0.6) is 0 Å². The van der Waals surface area contributed by atoms with Crippen LogP contribution in [0.15, 0.2) is 12.4 Å². The van der Waals surface area contributed by atoms with E-state index in [9.17, 15) is 4.79 Å². The molecule has 15 heavy (non-hydrogen) atoms. The van der Waals surface area contributed by atoms with Crippen LogP contribution < -0.4 is 5.32 Å². The van der Waals surface area contributed by atoms with Gasteiger partial charge in [0.2, 0.25) is 5.95 Å². The number of aryl methyl sites for hydroxylation is 1. The Labute approximate surface area is 89.1 Å². The fourth-order valence-corrected chi connectivity index (χ4v) is 1.36. The Morgan fingerprint density at radius 2 is 2.33 bits per heavy atom. The third kappa shape index (κ3) is 2.71. The van der Waals surface area contributed by atoms with Crippen molar-refractivity contribution in [2.45, 2.75) is 33.4 Å². The largest absolute Gasteiger partial charge is 0.480 e. The molecule has 1 heterocycles. The first-order valence-electron chi connectivity index (χ1n) is 5.06. The lowest BCUT2D eigenvalue weighted by molar-refractivity contribution is -0.138. The van der Waals surface area contributed by atoms with Gasteiger partial charge in [-0.05, 0) is 12.8 Å². The van der Waals surface area contributed by atoms with Gasteiger partial charge >= 0.3 is 5.97 Å². The van der Waals surface area contributed by atoms with Crippen molar-refractivity contribution in [1.82, 2.24) is 9.55 Å². The van der Waals surface area contributed by atoms with Crippen LogP contribution >= 0.6 is 0 Å². The Kier molecular flexibility index (Phi) is 3.71. The Morgan fingerprint density at radius 1 is 1.67 bits per heavy atom. The number of aliphatic carboxylic acids is 1. The van der Waals surface area contributed by atoms with Crippen molar-refractivity contribution in [1.29, 1.82) is 0 Å². The Bertz CT molecular complexity index is 333. The summed E-state index contributed by atoms with van der Waals surface area (Å²) in [5, 5.41) is 11.9. The van der Waals surface area contributed by atoms with E-state index in [0.717, 1.165) is 6.54 Å². The van der Waals surface area contributed by atoms with Crippen molar-refractivity contribution in [3.63, 3.8) is 0 Å². The van der Waals surface area contributed by atoms with Gasteiger partial charge in [0.25, 0.3) is 0 Å². The van der Waals surface area contributed by atoms with Crippen LogP contribution in [-0.4, -0.2) is 26.7 Å². The molecule has 1 rings (SSSR count). The number of anilines is 1. The third-order valence-corrected chi connectivity index (χ3v) is 2.27. The predicted octanol–water partition coefficient (Wildman–Crippen LogP) is 1.42. The number of carbonyl (C=O) groups is 1. The number of nitrogens with zero attached hydrogens (tertiary/aromatic N) is 2. The molecule has 0 spiro atoms. The molecule has 0 aliphatic heterocycles. The number of imidazole rings is 1. The molecule has 1 aromatic heterocycles. The summed E-state index contributed by atoms with van der Waals surface area (Å²) in [6, 6.07) is -0.599. The highest BCUT2D eigenvalue weighted by Crippen LogP contribution is 2.11. The van der Waals surface area contributed by atoms with Gasteiger partial charge in [0.15, 0.2) is 0 Å². The molecule has 0 bridgehead atoms. The number of rotatable bonds is 5. The molecule has 0 aliphatic carbocycles. The molecule has 1 atom stereocenters. The molecule has 5 heteroatoms. The fourth-order valence-electron chi connectivity index (χ4n) is 1.36. The molecule has 0 radical (unpaired) electrons. The summed E-state index contributed by atoms with van der Waals surface area (Å²) in [5.41, 5.74) is 0. The lowest BCUT2D eigenvalue weighted by atomic mass is 10.1. The van der Waals surface area contributed by atoms with Gasteiger partial charge in [0, 0.05) is 18.9 Å². The first kappa shape index (κ1) is 11.6. The molecule has 0 amide bonds. The normalized spacial score (nSPS) is 12.8. The molecule has 1 unspecified atom stereocenters. The highest BCUT2D eigenvalue weighted by Gasteiger charge is 2.22. The van der Waals surface area contributed by atoms with E-state index < -0.39 is 12.0 Å².